The summed E-state index contributed by atoms with van der Waals surface area (Å²) in [5.74, 6) is -1.34. The van der Waals surface area contributed by atoms with Gasteiger partial charge in [-0.3, -0.25) is 9.59 Å². The minimum absolute atomic E-state index is 0.130. The summed E-state index contributed by atoms with van der Waals surface area (Å²) >= 11 is 1.53. The lowest BCUT2D eigenvalue weighted by Gasteiger charge is -2.36. The number of aryl methyl sites for hydroxylation is 1. The van der Waals surface area contributed by atoms with E-state index in [0.29, 0.717) is 17.7 Å². The summed E-state index contributed by atoms with van der Waals surface area (Å²) in [4.78, 5) is 57.4. The number of rotatable bonds is 18. The molecule has 3 atom stereocenters. The number of alkyl carbamates (subject to hydrolysis) is 1. The molecule has 0 spiro atoms. The molecular weight excluding hydrogens is 655 g/mol. The maximum absolute atomic E-state index is 14.7. The van der Waals surface area contributed by atoms with Crippen molar-refractivity contribution in [2.24, 2.45) is 0 Å². The van der Waals surface area contributed by atoms with Gasteiger partial charge < -0.3 is 30.1 Å². The van der Waals surface area contributed by atoms with E-state index in [-0.39, 0.29) is 30.7 Å². The zero-order chi connectivity index (χ0) is 37.5. The molecule has 0 aliphatic carbocycles. The van der Waals surface area contributed by atoms with E-state index >= 15 is 0 Å². The zero-order valence-corrected chi connectivity index (χ0v) is 32.3. The minimum atomic E-state index is -1.33. The van der Waals surface area contributed by atoms with Crippen molar-refractivity contribution in [1.29, 1.82) is 0 Å². The minimum Gasteiger partial charge on any atom is -0.507 e. The summed E-state index contributed by atoms with van der Waals surface area (Å²) in [6, 6.07) is 10.9. The number of phenols is 1. The number of phenolic OH excluding ortho intramolecular Hbond substituents is 1. The molecule has 2 aromatic carbocycles. The molecular formula is C39H59N3O7S. The number of unbranched alkanes of at least 4 members (excludes halogenated alkanes) is 4. The predicted molar refractivity (Wildman–Crippen MR) is 200 cm³/mol. The summed E-state index contributed by atoms with van der Waals surface area (Å²) in [6.45, 7) is 14.5. The number of amides is 3. The van der Waals surface area contributed by atoms with Crippen molar-refractivity contribution >= 4 is 35.6 Å². The molecule has 0 aliphatic heterocycles. The number of esters is 1. The van der Waals surface area contributed by atoms with E-state index in [1.54, 1.807) is 66.7 Å². The summed E-state index contributed by atoms with van der Waals surface area (Å²) in [5, 5.41) is 17.0. The standard InChI is InChI=1S/C39H59N3O7S/c1-10-11-12-13-17-24-42(35(45)30(23-25-50-9)41-37(47)49-39(6,7)8)32(29-22-18-19-27(2)33(29)43)34(44)40-31(36(46)48-38(3,4)5)26-28-20-15-14-16-21-28/h14-16,18-22,30-32,43H,10-13,17,23-26H2,1-9H3,(H,40,44)(H,41,47). The molecule has 0 saturated heterocycles. The van der Waals surface area contributed by atoms with Crippen LogP contribution in [0, 0.1) is 6.92 Å². The highest BCUT2D eigenvalue weighted by molar-refractivity contribution is 7.98. The quantitative estimate of drug-likeness (QED) is 0.109. The van der Waals surface area contributed by atoms with E-state index in [9.17, 15) is 24.3 Å². The number of carbonyl (C=O) groups excluding carboxylic acids is 4. The van der Waals surface area contributed by atoms with E-state index in [2.05, 4.69) is 17.6 Å². The molecule has 2 aromatic rings. The van der Waals surface area contributed by atoms with Crippen LogP contribution in [0.2, 0.25) is 0 Å². The molecule has 11 heteroatoms. The molecule has 2 rings (SSSR count). The summed E-state index contributed by atoms with van der Waals surface area (Å²) < 4.78 is 11.2. The van der Waals surface area contributed by atoms with E-state index in [0.717, 1.165) is 31.2 Å². The van der Waals surface area contributed by atoms with Crippen molar-refractivity contribution in [3.05, 3.63) is 65.2 Å². The van der Waals surface area contributed by atoms with Crippen LogP contribution in [0.4, 0.5) is 4.79 Å². The van der Waals surface area contributed by atoms with Gasteiger partial charge in [-0.25, -0.2) is 9.59 Å². The number of carbonyl (C=O) groups is 4. The Hall–Kier alpha value is -3.73. The largest absolute Gasteiger partial charge is 0.507 e. The highest BCUT2D eigenvalue weighted by Gasteiger charge is 2.39. The van der Waals surface area contributed by atoms with Gasteiger partial charge in [-0.05, 0) is 84.4 Å². The van der Waals surface area contributed by atoms with Gasteiger partial charge >= 0.3 is 12.1 Å². The highest BCUT2D eigenvalue weighted by Crippen LogP contribution is 2.33. The fourth-order valence-electron chi connectivity index (χ4n) is 5.41. The number of hydrogen-bond acceptors (Lipinski definition) is 8. The second-order valence-corrected chi connectivity index (χ2v) is 15.6. The summed E-state index contributed by atoms with van der Waals surface area (Å²) in [6.07, 6.45) is 6.02. The predicted octanol–water partition coefficient (Wildman–Crippen LogP) is 7.26. The fraction of sp³-hybridized carbons (Fsp3) is 0.590. The number of ether oxygens (including phenoxy) is 2. The lowest BCUT2D eigenvalue weighted by molar-refractivity contribution is -0.159. The van der Waals surface area contributed by atoms with Crippen LogP contribution in [-0.2, 0) is 30.3 Å². The number of nitrogens with zero attached hydrogens (tertiary/aromatic N) is 1. The molecule has 0 bridgehead atoms. The van der Waals surface area contributed by atoms with Gasteiger partial charge in [0, 0.05) is 18.5 Å². The van der Waals surface area contributed by atoms with Crippen molar-refractivity contribution in [2.75, 3.05) is 18.6 Å². The first-order valence-corrected chi connectivity index (χ1v) is 19.0. The Kier molecular flexibility index (Phi) is 17.1. The monoisotopic (exact) mass is 713 g/mol. The van der Waals surface area contributed by atoms with Gasteiger partial charge in [0.1, 0.15) is 35.1 Å². The third-order valence-electron chi connectivity index (χ3n) is 7.80. The van der Waals surface area contributed by atoms with Gasteiger partial charge in [0.25, 0.3) is 0 Å². The van der Waals surface area contributed by atoms with E-state index in [1.807, 2.05) is 36.6 Å². The molecule has 0 fully saturated rings. The van der Waals surface area contributed by atoms with Crippen LogP contribution in [0.25, 0.3) is 0 Å². The Morgan fingerprint density at radius 1 is 0.840 bits per heavy atom. The van der Waals surface area contributed by atoms with Crippen LogP contribution in [0.15, 0.2) is 48.5 Å². The molecule has 0 saturated carbocycles. The second kappa shape index (κ2) is 20.2. The van der Waals surface area contributed by atoms with Crippen LogP contribution < -0.4 is 10.6 Å². The maximum atomic E-state index is 14.7. The average Bonchev–Trinajstić information content (AvgIpc) is 3.02. The number of nitrogens with one attached hydrogen (secondary N) is 2. The first-order chi connectivity index (χ1) is 23.5. The van der Waals surface area contributed by atoms with Gasteiger partial charge in [-0.15, -0.1) is 0 Å². The Morgan fingerprint density at radius 2 is 1.48 bits per heavy atom. The van der Waals surface area contributed by atoms with Crippen molar-refractivity contribution in [2.45, 2.75) is 130 Å². The summed E-state index contributed by atoms with van der Waals surface area (Å²) in [7, 11) is 0. The number of benzene rings is 2. The first-order valence-electron chi connectivity index (χ1n) is 17.6. The van der Waals surface area contributed by atoms with Crippen LogP contribution in [0.3, 0.4) is 0 Å². The molecule has 0 heterocycles. The van der Waals surface area contributed by atoms with Gasteiger partial charge in [-0.1, -0.05) is 81.1 Å². The molecule has 3 amide bonds. The van der Waals surface area contributed by atoms with Crippen molar-refractivity contribution in [3.8, 4) is 5.75 Å². The normalized spacial score (nSPS) is 13.5. The lowest BCUT2D eigenvalue weighted by Crippen LogP contribution is -2.55. The van der Waals surface area contributed by atoms with Crippen LogP contribution in [0.1, 0.15) is 110 Å². The fourth-order valence-corrected chi connectivity index (χ4v) is 5.89. The molecule has 0 radical (unpaired) electrons. The molecule has 0 aromatic heterocycles. The Bertz CT molecular complexity index is 1390. The Morgan fingerprint density at radius 3 is 2.08 bits per heavy atom. The smallest absolute Gasteiger partial charge is 0.408 e. The topological polar surface area (TPSA) is 134 Å². The van der Waals surface area contributed by atoms with Crippen molar-refractivity contribution < 1.29 is 33.8 Å². The molecule has 3 N–H and O–H groups in total. The average molecular weight is 714 g/mol. The Balaban J connectivity index is 2.68. The van der Waals surface area contributed by atoms with Crippen molar-refractivity contribution in [1.82, 2.24) is 15.5 Å². The first kappa shape index (κ1) is 42.4. The number of aromatic hydroxyl groups is 1. The SMILES string of the molecule is CCCCCCCN(C(=O)C(CCSC)NC(=O)OC(C)(C)C)C(C(=O)NC(Cc1ccccc1)C(=O)OC(C)(C)C)c1cccc(C)c1O. The van der Waals surface area contributed by atoms with Gasteiger partial charge in [-0.2, -0.15) is 11.8 Å². The van der Waals surface area contributed by atoms with E-state index in [4.69, 9.17) is 9.47 Å². The van der Waals surface area contributed by atoms with Crippen molar-refractivity contribution in [3.63, 3.8) is 0 Å². The van der Waals surface area contributed by atoms with Gasteiger partial charge in [0.05, 0.1) is 0 Å². The van der Waals surface area contributed by atoms with E-state index < -0.39 is 53.2 Å². The lowest BCUT2D eigenvalue weighted by atomic mass is 9.97. The van der Waals surface area contributed by atoms with Gasteiger partial charge in [0.15, 0.2) is 0 Å². The molecule has 0 aliphatic rings. The molecule has 278 valence electrons. The second-order valence-electron chi connectivity index (χ2n) is 14.6. The molecule has 10 nitrogen and oxygen atoms in total. The van der Waals surface area contributed by atoms with Gasteiger partial charge in [0.2, 0.25) is 11.8 Å². The van der Waals surface area contributed by atoms with E-state index in [1.165, 1.54) is 16.7 Å². The zero-order valence-electron chi connectivity index (χ0n) is 31.5. The number of hydrogen-bond donors (Lipinski definition) is 3. The third kappa shape index (κ3) is 14.6. The highest BCUT2D eigenvalue weighted by atomic mass is 32.2. The molecule has 50 heavy (non-hydrogen) atoms. The van der Waals surface area contributed by atoms with Crippen LogP contribution >= 0.6 is 11.8 Å². The summed E-state index contributed by atoms with van der Waals surface area (Å²) in [5.41, 5.74) is -0.0616. The van der Waals surface area contributed by atoms with Crippen LogP contribution in [0.5, 0.6) is 5.75 Å². The third-order valence-corrected chi connectivity index (χ3v) is 8.44. The Labute approximate surface area is 303 Å². The molecule has 3 unspecified atom stereocenters. The van der Waals surface area contributed by atoms with Crippen LogP contribution in [-0.4, -0.2) is 75.7 Å². The maximum Gasteiger partial charge on any atom is 0.408 e. The number of thioether (sulfide) groups is 1. The number of para-hydroxylation sites is 1.